The number of aryl methyl sites for hydroxylation is 2. The lowest BCUT2D eigenvalue weighted by atomic mass is 9.93. The maximum Gasteiger partial charge on any atom is 0.270 e. The first-order valence-electron chi connectivity index (χ1n) is 12.2. The number of fused-ring (bicyclic) bond motifs is 2. The molecule has 3 N–H and O–H groups in total. The van der Waals surface area contributed by atoms with Gasteiger partial charge in [0.1, 0.15) is 11.4 Å². The fourth-order valence-electron chi connectivity index (χ4n) is 4.95. The van der Waals surface area contributed by atoms with Crippen LogP contribution >= 0.6 is 0 Å². The molecule has 2 fully saturated rings. The van der Waals surface area contributed by atoms with Crippen molar-refractivity contribution in [2.24, 2.45) is 7.05 Å². The highest BCUT2D eigenvalue weighted by atomic mass is 16.3. The van der Waals surface area contributed by atoms with E-state index in [1.807, 2.05) is 44.4 Å². The number of carbonyl (C=O) groups excluding carboxylic acids is 1. The molecular formula is C26H29N7O2. The second-order valence-corrected chi connectivity index (χ2v) is 9.57. The molecular weight excluding hydrogens is 442 g/mol. The average Bonchev–Trinajstić information content (AvgIpc) is 3.23. The maximum absolute atomic E-state index is 13.4. The fourth-order valence-corrected chi connectivity index (χ4v) is 4.95. The van der Waals surface area contributed by atoms with Gasteiger partial charge in [-0.25, -0.2) is 9.97 Å². The van der Waals surface area contributed by atoms with Gasteiger partial charge in [0.2, 0.25) is 0 Å². The number of phenolic OH excluding ortho intramolecular Hbond substituents is 1. The highest BCUT2D eigenvalue weighted by Gasteiger charge is 2.25. The Hall–Kier alpha value is -3.72. The minimum atomic E-state index is -0.195. The highest BCUT2D eigenvalue weighted by Crippen LogP contribution is 2.36. The van der Waals surface area contributed by atoms with Gasteiger partial charge in [0.15, 0.2) is 5.82 Å². The molecule has 2 aromatic carbocycles. The zero-order chi connectivity index (χ0) is 24.1. The third-order valence-corrected chi connectivity index (χ3v) is 7.18. The van der Waals surface area contributed by atoms with E-state index in [1.54, 1.807) is 4.68 Å². The van der Waals surface area contributed by atoms with Gasteiger partial charge in [0.25, 0.3) is 5.91 Å². The number of rotatable bonds is 4. The Kier molecular flexibility index (Phi) is 5.29. The number of carbonyl (C=O) groups is 1. The smallest absolute Gasteiger partial charge is 0.270 e. The Balaban J connectivity index is 1.51. The lowest BCUT2D eigenvalue weighted by Gasteiger charge is -2.30. The van der Waals surface area contributed by atoms with Crippen LogP contribution in [-0.4, -0.2) is 63.0 Å². The Morgan fingerprint density at radius 3 is 2.71 bits per heavy atom. The first kappa shape index (κ1) is 21.8. The van der Waals surface area contributed by atoms with Gasteiger partial charge in [0, 0.05) is 67.5 Å². The van der Waals surface area contributed by atoms with Crippen molar-refractivity contribution in [3.05, 3.63) is 41.7 Å². The van der Waals surface area contributed by atoms with Crippen LogP contribution in [0.3, 0.4) is 0 Å². The van der Waals surface area contributed by atoms with Gasteiger partial charge in [-0.2, -0.15) is 5.10 Å². The van der Waals surface area contributed by atoms with Crippen LogP contribution in [0.15, 0.2) is 30.5 Å². The van der Waals surface area contributed by atoms with E-state index in [0.29, 0.717) is 28.2 Å². The Labute approximate surface area is 203 Å². The van der Waals surface area contributed by atoms with Crippen LogP contribution < -0.4 is 15.5 Å². The summed E-state index contributed by atoms with van der Waals surface area (Å²) in [6, 6.07) is 8.05. The summed E-state index contributed by atoms with van der Waals surface area (Å²) in [7, 11) is 1.85. The summed E-state index contributed by atoms with van der Waals surface area (Å²) in [5.41, 5.74) is 3.97. The molecule has 6 rings (SSSR count). The van der Waals surface area contributed by atoms with Gasteiger partial charge in [-0.1, -0.05) is 0 Å². The van der Waals surface area contributed by atoms with Crippen LogP contribution in [0.5, 0.6) is 5.75 Å². The molecule has 1 amide bonds. The van der Waals surface area contributed by atoms with Gasteiger partial charge in [-0.05, 0) is 50.5 Å². The zero-order valence-corrected chi connectivity index (χ0v) is 20.0. The topological polar surface area (TPSA) is 108 Å². The van der Waals surface area contributed by atoms with Crippen molar-refractivity contribution in [3.63, 3.8) is 0 Å². The molecule has 9 nitrogen and oxygen atoms in total. The molecule has 9 heteroatoms. The number of benzene rings is 2. The van der Waals surface area contributed by atoms with Crippen LogP contribution in [0, 0.1) is 6.92 Å². The van der Waals surface area contributed by atoms with E-state index in [0.717, 1.165) is 67.4 Å². The van der Waals surface area contributed by atoms with E-state index in [-0.39, 0.29) is 17.7 Å². The number of phenols is 1. The van der Waals surface area contributed by atoms with E-state index in [4.69, 9.17) is 9.97 Å². The molecule has 4 aromatic rings. The molecule has 180 valence electrons. The number of aromatic hydroxyl groups is 1. The summed E-state index contributed by atoms with van der Waals surface area (Å²) in [6.07, 6.45) is 5.01. The summed E-state index contributed by atoms with van der Waals surface area (Å²) in [5, 5.41) is 23.6. The number of nitrogens with one attached hydrogen (secondary N) is 2. The first-order valence-corrected chi connectivity index (χ1v) is 12.2. The van der Waals surface area contributed by atoms with E-state index < -0.39 is 0 Å². The summed E-state index contributed by atoms with van der Waals surface area (Å²) in [6.45, 7) is 5.51. The SMILES string of the molecule is Cc1c(O)c(-c2nc(C(=O)NC3CCC3)c3cc(N4CCNCC4)ccc3n2)cc2cn(C)nc12. The summed E-state index contributed by atoms with van der Waals surface area (Å²) in [5.74, 6) is 0.218. The van der Waals surface area contributed by atoms with Crippen molar-refractivity contribution in [3.8, 4) is 17.1 Å². The Morgan fingerprint density at radius 2 is 1.97 bits per heavy atom. The molecule has 1 aliphatic carbocycles. The molecule has 0 unspecified atom stereocenters. The highest BCUT2D eigenvalue weighted by molar-refractivity contribution is 6.06. The number of amides is 1. The second kappa shape index (κ2) is 8.49. The van der Waals surface area contributed by atoms with Crippen molar-refractivity contribution >= 4 is 33.4 Å². The molecule has 0 radical (unpaired) electrons. The normalized spacial score (nSPS) is 16.6. The molecule has 2 aromatic heterocycles. The predicted octanol–water partition coefficient (Wildman–Crippen LogP) is 2.89. The molecule has 0 spiro atoms. The van der Waals surface area contributed by atoms with Crippen molar-refractivity contribution in [2.45, 2.75) is 32.2 Å². The average molecular weight is 472 g/mol. The standard InChI is InChI=1S/C26H29N7O2/c1-15-22-16(14-32(2)31-22)12-20(24(15)34)25-29-21-7-6-18(33-10-8-27-9-11-33)13-19(21)23(30-25)26(35)28-17-4-3-5-17/h6-7,12-14,17,27,34H,3-5,8-11H2,1-2H3,(H,28,35). The number of hydrogen-bond acceptors (Lipinski definition) is 7. The van der Waals surface area contributed by atoms with E-state index >= 15 is 0 Å². The summed E-state index contributed by atoms with van der Waals surface area (Å²) >= 11 is 0. The summed E-state index contributed by atoms with van der Waals surface area (Å²) in [4.78, 5) is 25.2. The zero-order valence-electron chi connectivity index (χ0n) is 20.0. The largest absolute Gasteiger partial charge is 0.507 e. The molecule has 1 aliphatic heterocycles. The van der Waals surface area contributed by atoms with Crippen molar-refractivity contribution in [1.82, 2.24) is 30.4 Å². The Morgan fingerprint density at radius 1 is 1.17 bits per heavy atom. The van der Waals surface area contributed by atoms with Crippen molar-refractivity contribution in [2.75, 3.05) is 31.1 Å². The van der Waals surface area contributed by atoms with Crippen LogP contribution in [0.1, 0.15) is 35.3 Å². The number of piperazine rings is 1. The number of hydrogen-bond donors (Lipinski definition) is 3. The summed E-state index contributed by atoms with van der Waals surface area (Å²) < 4.78 is 1.72. The minimum Gasteiger partial charge on any atom is -0.507 e. The van der Waals surface area contributed by atoms with E-state index in [9.17, 15) is 9.90 Å². The number of anilines is 1. The molecule has 1 saturated carbocycles. The van der Waals surface area contributed by atoms with E-state index in [2.05, 4.69) is 20.6 Å². The van der Waals surface area contributed by atoms with E-state index in [1.165, 1.54) is 0 Å². The van der Waals surface area contributed by atoms with Crippen LogP contribution in [0.25, 0.3) is 33.2 Å². The molecule has 0 atom stereocenters. The van der Waals surface area contributed by atoms with Gasteiger partial charge in [-0.15, -0.1) is 0 Å². The van der Waals surface area contributed by atoms with Gasteiger partial charge in [0.05, 0.1) is 16.6 Å². The monoisotopic (exact) mass is 471 g/mol. The first-order chi connectivity index (χ1) is 17.0. The molecule has 2 aliphatic rings. The molecule has 0 bridgehead atoms. The fraction of sp³-hybridized carbons (Fsp3) is 0.385. The Bertz CT molecular complexity index is 1450. The van der Waals surface area contributed by atoms with Crippen molar-refractivity contribution in [1.29, 1.82) is 0 Å². The minimum absolute atomic E-state index is 0.0818. The molecule has 35 heavy (non-hydrogen) atoms. The van der Waals surface area contributed by atoms with Gasteiger partial charge >= 0.3 is 0 Å². The third kappa shape index (κ3) is 3.85. The predicted molar refractivity (Wildman–Crippen MR) is 136 cm³/mol. The van der Waals surface area contributed by atoms with Crippen LogP contribution in [-0.2, 0) is 7.05 Å². The lowest BCUT2D eigenvalue weighted by Crippen LogP contribution is -2.43. The van der Waals surface area contributed by atoms with Gasteiger partial charge in [-0.3, -0.25) is 9.48 Å². The number of aromatic nitrogens is 4. The lowest BCUT2D eigenvalue weighted by molar-refractivity contribution is 0.0913. The number of nitrogens with zero attached hydrogens (tertiary/aromatic N) is 5. The van der Waals surface area contributed by atoms with Crippen molar-refractivity contribution < 1.29 is 9.90 Å². The quantitative estimate of drug-likeness (QED) is 0.420. The van der Waals surface area contributed by atoms with Crippen LogP contribution in [0.4, 0.5) is 5.69 Å². The molecule has 1 saturated heterocycles. The second-order valence-electron chi connectivity index (χ2n) is 9.57. The maximum atomic E-state index is 13.4. The third-order valence-electron chi connectivity index (χ3n) is 7.18. The molecule has 3 heterocycles. The van der Waals surface area contributed by atoms with Gasteiger partial charge < -0.3 is 20.6 Å². The van der Waals surface area contributed by atoms with Crippen LogP contribution in [0.2, 0.25) is 0 Å².